The molecule has 2 aromatic carbocycles. The lowest BCUT2D eigenvalue weighted by atomic mass is 9.99. The minimum absolute atomic E-state index is 0.0334. The molecule has 8 amide bonds. The number of nitrogens with two attached hydrogens (primary N) is 2. The number of amides is 8. The van der Waals surface area contributed by atoms with Gasteiger partial charge in [0.15, 0.2) is 0 Å². The molecule has 1 heterocycles. The van der Waals surface area contributed by atoms with Crippen LogP contribution in [0.5, 0.6) is 0 Å². The number of carbonyl (C=O) groups excluding carboxylic acids is 8. The van der Waals surface area contributed by atoms with Gasteiger partial charge in [-0.15, -0.1) is 0 Å². The molecule has 0 unspecified atom stereocenters. The van der Waals surface area contributed by atoms with Crippen molar-refractivity contribution in [2.75, 3.05) is 30.9 Å². The van der Waals surface area contributed by atoms with E-state index in [1.54, 1.807) is 56.6 Å². The molecule has 0 aliphatic heterocycles. The van der Waals surface area contributed by atoms with Crippen molar-refractivity contribution >= 4 is 88.5 Å². The first-order valence-electron chi connectivity index (χ1n) is 23.1. The van der Waals surface area contributed by atoms with E-state index in [4.69, 9.17) is 11.5 Å². The maximum absolute atomic E-state index is 13.8. The highest BCUT2D eigenvalue weighted by Crippen LogP contribution is 2.19. The second-order valence-corrected chi connectivity index (χ2v) is 18.5. The summed E-state index contributed by atoms with van der Waals surface area (Å²) < 4.78 is 0. The summed E-state index contributed by atoms with van der Waals surface area (Å²) in [4.78, 5) is 121. The molecule has 0 aliphatic rings. The number of carbonyl (C=O) groups is 9. The molecule has 3 aromatic rings. The maximum Gasteiger partial charge on any atom is 0.326 e. The lowest BCUT2D eigenvalue weighted by Gasteiger charge is -2.26. The molecule has 0 aliphatic carbocycles. The second kappa shape index (κ2) is 29.8. The Labute approximate surface area is 417 Å². The van der Waals surface area contributed by atoms with Gasteiger partial charge >= 0.3 is 5.97 Å². The standard InChI is InChI=1S/C47H69N11O10S2/c1-26(2)39(58-42(62)32(49)22-30-23-50-33-16-10-9-15-31(30)33)46(66)56-36(21-29-13-7-6-8-14-29)43(63)51-24-38(59)52-27(3)40(60)53-28(4)41(61)54-34(18-20-70-5)44(64)57-37(25-69)45(65)55-35(47(67)68)17-11-12-19-48/h6-10,13-16,23,26-28,32,34-37,39,50,69H,11-12,17-22,24-25,48-49H2,1-5H3,(H,51,63)(H,52,59)(H,53,60)(H,54,61)(H,55,65)(H,56,66)(H,57,64)(H,58,62)(H,67,68)/t27-,28-,32-,34-,35-,36-,37-,39-/m0/s1. The first-order valence-corrected chi connectivity index (χ1v) is 25.1. The summed E-state index contributed by atoms with van der Waals surface area (Å²) >= 11 is 5.55. The Kier molecular flexibility index (Phi) is 24.7. The first-order chi connectivity index (χ1) is 33.3. The van der Waals surface area contributed by atoms with Crippen molar-refractivity contribution in [2.45, 2.75) is 115 Å². The third-order valence-corrected chi connectivity index (χ3v) is 12.2. The molecule has 21 nitrogen and oxygen atoms in total. The quantitative estimate of drug-likeness (QED) is 0.0293. The van der Waals surface area contributed by atoms with Crippen molar-refractivity contribution in [1.82, 2.24) is 47.5 Å². The predicted octanol–water partition coefficient (Wildman–Crippen LogP) is -0.617. The van der Waals surface area contributed by atoms with Crippen LogP contribution in [0.15, 0.2) is 60.8 Å². The van der Waals surface area contributed by atoms with Gasteiger partial charge in [0.25, 0.3) is 0 Å². The Bertz CT molecular complexity index is 2250. The van der Waals surface area contributed by atoms with E-state index in [1.165, 1.54) is 25.6 Å². The van der Waals surface area contributed by atoms with Crippen LogP contribution in [0.3, 0.4) is 0 Å². The Morgan fingerprint density at radius 2 is 1.26 bits per heavy atom. The number of hydrogen-bond acceptors (Lipinski definition) is 13. The Morgan fingerprint density at radius 1 is 0.657 bits per heavy atom. The van der Waals surface area contributed by atoms with Gasteiger partial charge in [-0.2, -0.15) is 24.4 Å². The number of rotatable bonds is 30. The molecule has 0 saturated carbocycles. The molecular formula is C47H69N11O10S2. The summed E-state index contributed by atoms with van der Waals surface area (Å²) in [5.74, 6) is -7.12. The zero-order valence-corrected chi connectivity index (χ0v) is 41.9. The van der Waals surface area contributed by atoms with Crippen LogP contribution in [0.4, 0.5) is 0 Å². The van der Waals surface area contributed by atoms with Crippen LogP contribution in [0.1, 0.15) is 64.5 Å². The molecule has 1 aromatic heterocycles. The first kappa shape index (κ1) is 58.1. The minimum Gasteiger partial charge on any atom is -0.480 e. The number of aromatic amines is 1. The number of carboxylic acid groups (broad SMARTS) is 1. The number of benzene rings is 2. The van der Waals surface area contributed by atoms with E-state index in [1.807, 2.05) is 24.3 Å². The van der Waals surface area contributed by atoms with Crippen LogP contribution in [0.25, 0.3) is 10.9 Å². The van der Waals surface area contributed by atoms with Gasteiger partial charge in [-0.3, -0.25) is 38.4 Å². The molecule has 14 N–H and O–H groups in total. The van der Waals surface area contributed by atoms with Crippen LogP contribution in [0.2, 0.25) is 0 Å². The predicted molar refractivity (Wildman–Crippen MR) is 270 cm³/mol. The number of para-hydroxylation sites is 1. The maximum atomic E-state index is 13.8. The van der Waals surface area contributed by atoms with E-state index in [9.17, 15) is 48.3 Å². The Hall–Kier alpha value is -6.17. The lowest BCUT2D eigenvalue weighted by molar-refractivity contribution is -0.142. The fourth-order valence-corrected chi connectivity index (χ4v) is 7.82. The lowest BCUT2D eigenvalue weighted by Crippen LogP contribution is -2.59. The second-order valence-electron chi connectivity index (χ2n) is 17.2. The average molecular weight is 1010 g/mol. The monoisotopic (exact) mass is 1010 g/mol. The van der Waals surface area contributed by atoms with Gasteiger partial charge in [-0.1, -0.05) is 62.4 Å². The largest absolute Gasteiger partial charge is 0.480 e. The highest BCUT2D eigenvalue weighted by atomic mass is 32.2. The molecule has 0 saturated heterocycles. The molecule has 8 atom stereocenters. The third kappa shape index (κ3) is 19.0. The number of aliphatic carboxylic acids is 1. The molecule has 23 heteroatoms. The van der Waals surface area contributed by atoms with Crippen molar-refractivity contribution in [3.8, 4) is 0 Å². The molecule has 384 valence electrons. The van der Waals surface area contributed by atoms with Crippen LogP contribution >= 0.6 is 24.4 Å². The van der Waals surface area contributed by atoms with Crippen LogP contribution in [0, 0.1) is 5.92 Å². The molecule has 0 radical (unpaired) electrons. The normalized spacial score (nSPS) is 14.6. The van der Waals surface area contributed by atoms with E-state index < -0.39 is 114 Å². The van der Waals surface area contributed by atoms with Gasteiger partial charge < -0.3 is 64.1 Å². The summed E-state index contributed by atoms with van der Waals surface area (Å²) in [5.41, 5.74) is 14.2. The summed E-state index contributed by atoms with van der Waals surface area (Å²) in [6, 6.07) is 7.19. The average Bonchev–Trinajstić information content (AvgIpc) is 3.74. The van der Waals surface area contributed by atoms with Gasteiger partial charge in [0.05, 0.1) is 12.6 Å². The number of nitrogens with one attached hydrogen (secondary N) is 9. The summed E-state index contributed by atoms with van der Waals surface area (Å²) in [6.07, 6.45) is 5.11. The third-order valence-electron chi connectivity index (χ3n) is 11.2. The fraction of sp³-hybridized carbons (Fsp3) is 0.511. The van der Waals surface area contributed by atoms with Crippen molar-refractivity contribution < 1.29 is 48.3 Å². The molecule has 3 rings (SSSR count). The number of hydrogen-bond donors (Lipinski definition) is 13. The van der Waals surface area contributed by atoms with E-state index in [-0.39, 0.29) is 31.4 Å². The van der Waals surface area contributed by atoms with Crippen LogP contribution in [-0.4, -0.2) is 143 Å². The molecule has 0 fully saturated rings. The highest BCUT2D eigenvalue weighted by Gasteiger charge is 2.33. The highest BCUT2D eigenvalue weighted by molar-refractivity contribution is 7.98. The van der Waals surface area contributed by atoms with E-state index in [0.717, 1.165) is 16.5 Å². The number of H-pyrrole nitrogens is 1. The number of aromatic nitrogens is 1. The summed E-state index contributed by atoms with van der Waals surface area (Å²) in [6.45, 7) is 5.95. The molecule has 0 spiro atoms. The van der Waals surface area contributed by atoms with Gasteiger partial charge in [0.2, 0.25) is 47.3 Å². The van der Waals surface area contributed by atoms with E-state index in [2.05, 4.69) is 60.1 Å². The van der Waals surface area contributed by atoms with Crippen molar-refractivity contribution in [3.05, 3.63) is 71.9 Å². The minimum atomic E-state index is -1.25. The molecule has 70 heavy (non-hydrogen) atoms. The molecule has 0 bridgehead atoms. The van der Waals surface area contributed by atoms with Crippen LogP contribution in [-0.2, 0) is 56.0 Å². The Morgan fingerprint density at radius 3 is 1.90 bits per heavy atom. The van der Waals surface area contributed by atoms with Gasteiger partial charge in [0, 0.05) is 29.3 Å². The van der Waals surface area contributed by atoms with Crippen molar-refractivity contribution in [1.29, 1.82) is 0 Å². The number of fused-ring (bicyclic) bond motifs is 1. The SMILES string of the molecule is CSCC[C@H](NC(=O)[C@H](C)NC(=O)[C@H](C)NC(=O)CNC(=O)[C@H](Cc1ccccc1)NC(=O)[C@@H](NC(=O)[C@@H](N)Cc1c[nH]c2ccccc12)C(C)C)C(=O)N[C@@H](CS)C(=O)N[C@@H](CCCCN)C(=O)O. The van der Waals surface area contributed by atoms with Crippen molar-refractivity contribution in [3.63, 3.8) is 0 Å². The smallest absolute Gasteiger partial charge is 0.326 e. The zero-order chi connectivity index (χ0) is 51.9. The van der Waals surface area contributed by atoms with Gasteiger partial charge in [-0.25, -0.2) is 4.79 Å². The van der Waals surface area contributed by atoms with Crippen molar-refractivity contribution in [2.24, 2.45) is 17.4 Å². The summed E-state index contributed by atoms with van der Waals surface area (Å²) in [5, 5.41) is 30.9. The fourth-order valence-electron chi connectivity index (χ4n) is 7.09. The van der Waals surface area contributed by atoms with E-state index in [0.29, 0.717) is 30.7 Å². The van der Waals surface area contributed by atoms with Gasteiger partial charge in [0.1, 0.15) is 42.3 Å². The van der Waals surface area contributed by atoms with Crippen LogP contribution < -0.4 is 54.0 Å². The molecular weight excluding hydrogens is 943 g/mol. The number of carboxylic acids is 1. The van der Waals surface area contributed by atoms with Gasteiger partial charge in [-0.05, 0) is 87.6 Å². The summed E-state index contributed by atoms with van der Waals surface area (Å²) in [7, 11) is 0. The Balaban J connectivity index is 1.58. The van der Waals surface area contributed by atoms with E-state index >= 15 is 0 Å². The number of thioether (sulfide) groups is 1. The topological polar surface area (TPSA) is 338 Å². The number of thiol groups is 1. The number of unbranched alkanes of at least 4 members (excludes halogenated alkanes) is 1. The zero-order valence-electron chi connectivity index (χ0n) is 40.2.